The molecule has 5 nitrogen and oxygen atoms in total. The number of amides is 2. The predicted molar refractivity (Wildman–Crippen MR) is 79.6 cm³/mol. The third-order valence-corrected chi connectivity index (χ3v) is 5.47. The molecule has 4 atom stereocenters. The van der Waals surface area contributed by atoms with Crippen molar-refractivity contribution in [2.45, 2.75) is 58.5 Å². The molecule has 0 spiro atoms. The Hall–Kier alpha value is -1.70. The van der Waals surface area contributed by atoms with Crippen molar-refractivity contribution in [2.75, 3.05) is 0 Å². The standard InChI is InChI=1S/C16H24N2O3/c1-5-6-11(12(19)20)17-14(21)18-13-15(2,3)10-7-8-16(13,4)9-10/h1,10-11,13H,6-9H2,2-4H3,(H,19,20)(H2,17,18,21). The quantitative estimate of drug-likeness (QED) is 0.693. The Morgan fingerprint density at radius 2 is 2.10 bits per heavy atom. The second-order valence-corrected chi connectivity index (χ2v) is 7.27. The van der Waals surface area contributed by atoms with Crippen LogP contribution < -0.4 is 10.6 Å². The van der Waals surface area contributed by atoms with E-state index in [1.54, 1.807) is 0 Å². The molecule has 0 radical (unpaired) electrons. The van der Waals surface area contributed by atoms with E-state index in [1.807, 2.05) is 0 Å². The highest BCUT2D eigenvalue weighted by Crippen LogP contribution is 2.62. The number of rotatable bonds is 4. The van der Waals surface area contributed by atoms with Gasteiger partial charge in [0.25, 0.3) is 0 Å². The molecule has 3 N–H and O–H groups in total. The van der Waals surface area contributed by atoms with Gasteiger partial charge in [0.2, 0.25) is 0 Å². The Kier molecular flexibility index (Phi) is 3.92. The molecule has 2 amide bonds. The van der Waals surface area contributed by atoms with E-state index in [0.29, 0.717) is 5.92 Å². The van der Waals surface area contributed by atoms with Crippen molar-refractivity contribution >= 4 is 12.0 Å². The molecule has 2 aliphatic rings. The topological polar surface area (TPSA) is 78.4 Å². The third kappa shape index (κ3) is 2.72. The summed E-state index contributed by atoms with van der Waals surface area (Å²) in [5, 5.41) is 14.5. The largest absolute Gasteiger partial charge is 0.480 e. The van der Waals surface area contributed by atoms with Gasteiger partial charge in [-0.2, -0.15) is 0 Å². The number of aliphatic carboxylic acids is 1. The Bertz CT molecular complexity index is 489. The van der Waals surface area contributed by atoms with Gasteiger partial charge in [-0.1, -0.05) is 20.8 Å². The number of nitrogens with one attached hydrogen (secondary N) is 2. The Balaban J connectivity index is 2.03. The number of urea groups is 1. The van der Waals surface area contributed by atoms with Crippen molar-refractivity contribution in [1.82, 2.24) is 10.6 Å². The second-order valence-electron chi connectivity index (χ2n) is 7.27. The van der Waals surface area contributed by atoms with Gasteiger partial charge in [0.15, 0.2) is 0 Å². The van der Waals surface area contributed by atoms with E-state index >= 15 is 0 Å². The van der Waals surface area contributed by atoms with E-state index in [2.05, 4.69) is 37.3 Å². The smallest absolute Gasteiger partial charge is 0.327 e. The summed E-state index contributed by atoms with van der Waals surface area (Å²) in [5.74, 6) is 1.79. The minimum atomic E-state index is -1.11. The zero-order chi connectivity index (χ0) is 15.8. The Morgan fingerprint density at radius 1 is 1.43 bits per heavy atom. The van der Waals surface area contributed by atoms with Gasteiger partial charge in [-0.3, -0.25) is 0 Å². The summed E-state index contributed by atoms with van der Waals surface area (Å²) in [4.78, 5) is 23.2. The first-order valence-electron chi connectivity index (χ1n) is 7.44. The molecule has 21 heavy (non-hydrogen) atoms. The first-order valence-corrected chi connectivity index (χ1v) is 7.44. The van der Waals surface area contributed by atoms with Gasteiger partial charge >= 0.3 is 12.0 Å². The number of carbonyl (C=O) groups excluding carboxylic acids is 1. The van der Waals surface area contributed by atoms with Crippen molar-refractivity contribution in [3.63, 3.8) is 0 Å². The zero-order valence-corrected chi connectivity index (χ0v) is 12.9. The van der Waals surface area contributed by atoms with Crippen LogP contribution in [0.1, 0.15) is 46.5 Å². The molecule has 4 unspecified atom stereocenters. The fourth-order valence-corrected chi connectivity index (χ4v) is 4.31. The van der Waals surface area contributed by atoms with E-state index in [0.717, 1.165) is 12.8 Å². The third-order valence-electron chi connectivity index (χ3n) is 5.47. The summed E-state index contributed by atoms with van der Waals surface area (Å²) in [7, 11) is 0. The Labute approximate surface area is 125 Å². The molecule has 0 aliphatic heterocycles. The lowest BCUT2D eigenvalue weighted by Gasteiger charge is -2.43. The van der Waals surface area contributed by atoms with Crippen molar-refractivity contribution in [2.24, 2.45) is 16.7 Å². The van der Waals surface area contributed by atoms with Gasteiger partial charge in [0, 0.05) is 12.5 Å². The maximum Gasteiger partial charge on any atom is 0.327 e. The molecule has 2 aliphatic carbocycles. The van der Waals surface area contributed by atoms with Gasteiger partial charge in [0.05, 0.1) is 0 Å². The van der Waals surface area contributed by atoms with Crippen LogP contribution in [-0.2, 0) is 4.79 Å². The SMILES string of the molecule is C#CCC(NC(=O)NC1C2(C)CCC(C2)C1(C)C)C(=O)O. The molecule has 2 fully saturated rings. The van der Waals surface area contributed by atoms with Gasteiger partial charge in [-0.05, 0) is 36.0 Å². The van der Waals surface area contributed by atoms with Gasteiger partial charge < -0.3 is 15.7 Å². The van der Waals surface area contributed by atoms with Crippen molar-refractivity contribution in [3.8, 4) is 12.3 Å². The van der Waals surface area contributed by atoms with Crippen LogP contribution in [-0.4, -0.2) is 29.2 Å². The highest BCUT2D eigenvalue weighted by atomic mass is 16.4. The molecule has 116 valence electrons. The van der Waals surface area contributed by atoms with Crippen molar-refractivity contribution in [1.29, 1.82) is 0 Å². The fourth-order valence-electron chi connectivity index (χ4n) is 4.31. The molecule has 0 aromatic rings. The molecule has 2 bridgehead atoms. The summed E-state index contributed by atoms with van der Waals surface area (Å²) in [6.45, 7) is 6.58. The lowest BCUT2D eigenvalue weighted by Crippen LogP contribution is -2.56. The lowest BCUT2D eigenvalue weighted by molar-refractivity contribution is -0.139. The number of hydrogen-bond donors (Lipinski definition) is 3. The number of carboxylic acid groups (broad SMARTS) is 1. The number of terminal acetylenes is 1. The van der Waals surface area contributed by atoms with Crippen molar-refractivity contribution < 1.29 is 14.7 Å². The first kappa shape index (κ1) is 15.7. The molecule has 0 heterocycles. The van der Waals surface area contributed by atoms with E-state index < -0.39 is 18.0 Å². The molecule has 0 aromatic carbocycles. The number of carbonyl (C=O) groups is 2. The van der Waals surface area contributed by atoms with Crippen molar-refractivity contribution in [3.05, 3.63) is 0 Å². The maximum atomic E-state index is 12.1. The molecule has 0 aromatic heterocycles. The summed E-state index contributed by atoms with van der Waals surface area (Å²) in [6, 6.07) is -1.42. The zero-order valence-electron chi connectivity index (χ0n) is 12.9. The molecular formula is C16H24N2O3. The fraction of sp³-hybridized carbons (Fsp3) is 0.750. The average Bonchev–Trinajstić information content (AvgIpc) is 2.85. The van der Waals surface area contributed by atoms with Crippen LogP contribution in [0.5, 0.6) is 0 Å². The predicted octanol–water partition coefficient (Wildman–Crippen LogP) is 1.98. The van der Waals surface area contributed by atoms with Crippen LogP contribution >= 0.6 is 0 Å². The number of hydrogen-bond acceptors (Lipinski definition) is 2. The maximum absolute atomic E-state index is 12.1. The van der Waals surface area contributed by atoms with Crippen LogP contribution in [0.25, 0.3) is 0 Å². The summed E-state index contributed by atoms with van der Waals surface area (Å²) >= 11 is 0. The van der Waals surface area contributed by atoms with Gasteiger partial charge in [-0.25, -0.2) is 9.59 Å². The first-order chi connectivity index (χ1) is 9.70. The van der Waals surface area contributed by atoms with Crippen LogP contribution in [0.3, 0.4) is 0 Å². The molecule has 2 rings (SSSR count). The van der Waals surface area contributed by atoms with Crippen LogP contribution in [0.15, 0.2) is 0 Å². The summed E-state index contributed by atoms with van der Waals surface area (Å²) < 4.78 is 0. The minimum absolute atomic E-state index is 0.0172. The second kappa shape index (κ2) is 5.25. The summed E-state index contributed by atoms with van der Waals surface area (Å²) in [5.41, 5.74) is 0.144. The monoisotopic (exact) mass is 292 g/mol. The van der Waals surface area contributed by atoms with Crippen LogP contribution in [0.2, 0.25) is 0 Å². The van der Waals surface area contributed by atoms with Gasteiger partial charge in [-0.15, -0.1) is 12.3 Å². The van der Waals surface area contributed by atoms with Crippen LogP contribution in [0, 0.1) is 29.1 Å². The normalized spacial score (nSPS) is 34.0. The number of carboxylic acids is 1. The van der Waals surface area contributed by atoms with Gasteiger partial charge in [0.1, 0.15) is 6.04 Å². The molecule has 0 saturated heterocycles. The van der Waals surface area contributed by atoms with E-state index in [4.69, 9.17) is 11.5 Å². The molecule has 5 heteroatoms. The highest BCUT2D eigenvalue weighted by Gasteiger charge is 2.59. The van der Waals surface area contributed by atoms with E-state index in [9.17, 15) is 9.59 Å². The lowest BCUT2D eigenvalue weighted by atomic mass is 9.68. The average molecular weight is 292 g/mol. The Morgan fingerprint density at radius 3 is 2.57 bits per heavy atom. The van der Waals surface area contributed by atoms with Crippen LogP contribution in [0.4, 0.5) is 4.79 Å². The minimum Gasteiger partial charge on any atom is -0.480 e. The molecule has 2 saturated carbocycles. The van der Waals surface area contributed by atoms with E-state index in [1.165, 1.54) is 6.42 Å². The van der Waals surface area contributed by atoms with E-state index in [-0.39, 0.29) is 23.3 Å². The highest BCUT2D eigenvalue weighted by molar-refractivity contribution is 5.83. The molecular weight excluding hydrogens is 268 g/mol. The summed E-state index contributed by atoms with van der Waals surface area (Å²) in [6.07, 6.45) is 8.56. The number of fused-ring (bicyclic) bond motifs is 2.